The Bertz CT molecular complexity index is 758. The highest BCUT2D eigenvalue weighted by Gasteiger charge is 2.41. The van der Waals surface area contributed by atoms with Crippen molar-refractivity contribution in [1.82, 2.24) is 0 Å². The molecular formula is C26H38O6. The smallest absolute Gasteiger partial charge is 0.303 e. The molecule has 2 aliphatic carbocycles. The number of rotatable bonds is 13. The van der Waals surface area contributed by atoms with Gasteiger partial charge in [0.25, 0.3) is 0 Å². The highest BCUT2D eigenvalue weighted by Crippen LogP contribution is 2.47. The maximum Gasteiger partial charge on any atom is 0.303 e. The van der Waals surface area contributed by atoms with Crippen LogP contribution >= 0.6 is 0 Å². The largest absolute Gasteiger partial charge is 0.497 e. The molecule has 32 heavy (non-hydrogen) atoms. The summed E-state index contributed by atoms with van der Waals surface area (Å²) in [5.74, 6) is 0.524. The van der Waals surface area contributed by atoms with Crippen molar-refractivity contribution >= 4 is 5.97 Å². The Morgan fingerprint density at radius 3 is 2.38 bits per heavy atom. The third-order valence-corrected chi connectivity index (χ3v) is 7.15. The fourth-order valence-electron chi connectivity index (χ4n) is 5.21. The molecule has 0 saturated heterocycles. The van der Waals surface area contributed by atoms with Gasteiger partial charge in [0.2, 0.25) is 0 Å². The van der Waals surface area contributed by atoms with Gasteiger partial charge in [0.1, 0.15) is 5.75 Å². The minimum absolute atomic E-state index is 0.00802. The van der Waals surface area contributed by atoms with Crippen molar-refractivity contribution in [3.05, 3.63) is 41.5 Å². The standard InChI is InChI=1S/C26H38O6/c1-32-20-11-8-17(9-12-20)23-15-18(23)14-19(27)10-13-22-21(24(28)16-25(22)29)6-4-2-3-5-7-26(30)31/h8-9,11-12,14,19,21-25,27-29H,2-7,10,13,15-16H2,1H3,(H,30,31)/b18-14+/t19?,21-,22?,23?,24+,25-/m1/s1. The Morgan fingerprint density at radius 2 is 1.72 bits per heavy atom. The maximum absolute atomic E-state index is 10.6. The monoisotopic (exact) mass is 446 g/mol. The van der Waals surface area contributed by atoms with E-state index in [0.29, 0.717) is 31.6 Å². The number of aliphatic hydroxyl groups excluding tert-OH is 3. The minimum Gasteiger partial charge on any atom is -0.497 e. The van der Waals surface area contributed by atoms with Crippen LogP contribution in [0, 0.1) is 11.8 Å². The van der Waals surface area contributed by atoms with Crippen molar-refractivity contribution in [2.24, 2.45) is 11.8 Å². The molecule has 0 aromatic heterocycles. The highest BCUT2D eigenvalue weighted by molar-refractivity contribution is 5.66. The number of benzene rings is 1. The number of methoxy groups -OCH3 is 1. The number of ether oxygens (including phenoxy) is 1. The average molecular weight is 447 g/mol. The molecule has 0 spiro atoms. The van der Waals surface area contributed by atoms with Gasteiger partial charge in [-0.15, -0.1) is 0 Å². The van der Waals surface area contributed by atoms with Gasteiger partial charge in [0.05, 0.1) is 25.4 Å². The molecule has 3 rings (SSSR count). The molecule has 178 valence electrons. The van der Waals surface area contributed by atoms with Crippen LogP contribution < -0.4 is 4.74 Å². The zero-order chi connectivity index (χ0) is 23.1. The topological polar surface area (TPSA) is 107 Å². The molecule has 6 nitrogen and oxygen atoms in total. The van der Waals surface area contributed by atoms with Crippen molar-refractivity contribution in [3.63, 3.8) is 0 Å². The minimum atomic E-state index is -0.755. The molecule has 0 amide bonds. The Balaban J connectivity index is 1.42. The van der Waals surface area contributed by atoms with Gasteiger partial charge >= 0.3 is 5.97 Å². The number of aliphatic hydroxyl groups is 3. The normalized spacial score (nSPS) is 29.2. The van der Waals surface area contributed by atoms with E-state index in [4.69, 9.17) is 9.84 Å². The molecular weight excluding hydrogens is 408 g/mol. The summed E-state index contributed by atoms with van der Waals surface area (Å²) in [5, 5.41) is 40.1. The highest BCUT2D eigenvalue weighted by atomic mass is 16.5. The van der Waals surface area contributed by atoms with Gasteiger partial charge in [-0.05, 0) is 68.1 Å². The molecule has 2 fully saturated rings. The molecule has 0 heterocycles. The lowest BCUT2D eigenvalue weighted by atomic mass is 9.85. The fourth-order valence-corrected chi connectivity index (χ4v) is 5.21. The van der Waals surface area contributed by atoms with E-state index in [-0.39, 0.29) is 18.3 Å². The Kier molecular flexibility index (Phi) is 9.14. The van der Waals surface area contributed by atoms with Crippen LogP contribution in [0.1, 0.15) is 75.7 Å². The SMILES string of the molecule is COc1ccc(C2C/C2=C\C(O)CCC2[C@H](O)C[C@H](O)[C@@H]2CCCCCCC(=O)O)cc1. The van der Waals surface area contributed by atoms with E-state index in [1.165, 1.54) is 11.1 Å². The lowest BCUT2D eigenvalue weighted by molar-refractivity contribution is -0.137. The first kappa shape index (κ1) is 24.7. The molecule has 3 unspecified atom stereocenters. The van der Waals surface area contributed by atoms with E-state index in [1.54, 1.807) is 7.11 Å². The van der Waals surface area contributed by atoms with Crippen LogP contribution in [0.3, 0.4) is 0 Å². The quantitative estimate of drug-likeness (QED) is 0.269. The number of carbonyl (C=O) groups is 1. The van der Waals surface area contributed by atoms with Crippen molar-refractivity contribution in [1.29, 1.82) is 0 Å². The molecule has 0 aliphatic heterocycles. The zero-order valence-corrected chi connectivity index (χ0v) is 19.0. The molecule has 6 heteroatoms. The van der Waals surface area contributed by atoms with E-state index < -0.39 is 24.3 Å². The second kappa shape index (κ2) is 11.8. The number of hydrogen-bond acceptors (Lipinski definition) is 5. The van der Waals surface area contributed by atoms with Gasteiger partial charge in [-0.3, -0.25) is 4.79 Å². The maximum atomic E-state index is 10.6. The van der Waals surface area contributed by atoms with Crippen molar-refractivity contribution in [2.75, 3.05) is 7.11 Å². The van der Waals surface area contributed by atoms with E-state index in [0.717, 1.165) is 37.9 Å². The molecule has 2 saturated carbocycles. The van der Waals surface area contributed by atoms with Crippen LogP contribution in [0.25, 0.3) is 0 Å². The van der Waals surface area contributed by atoms with Crippen LogP contribution in [0.5, 0.6) is 5.75 Å². The van der Waals surface area contributed by atoms with Crippen molar-refractivity contribution < 1.29 is 30.0 Å². The summed E-state index contributed by atoms with van der Waals surface area (Å²) in [7, 11) is 1.65. The van der Waals surface area contributed by atoms with Crippen LogP contribution in [0.15, 0.2) is 35.9 Å². The average Bonchev–Trinajstić information content (AvgIpc) is 3.47. The Hall–Kier alpha value is -1.89. The third-order valence-electron chi connectivity index (χ3n) is 7.15. The Morgan fingerprint density at radius 1 is 1.06 bits per heavy atom. The van der Waals surface area contributed by atoms with Crippen LogP contribution in [0.2, 0.25) is 0 Å². The van der Waals surface area contributed by atoms with Gasteiger partial charge in [-0.2, -0.15) is 0 Å². The van der Waals surface area contributed by atoms with Gasteiger partial charge in [0.15, 0.2) is 0 Å². The van der Waals surface area contributed by atoms with Gasteiger partial charge in [-0.1, -0.05) is 43.0 Å². The van der Waals surface area contributed by atoms with Gasteiger partial charge in [-0.25, -0.2) is 0 Å². The predicted molar refractivity (Wildman–Crippen MR) is 123 cm³/mol. The number of carboxylic acids is 1. The number of allylic oxidation sites excluding steroid dienone is 1. The molecule has 2 aliphatic rings. The summed E-state index contributed by atoms with van der Waals surface area (Å²) >= 11 is 0. The van der Waals surface area contributed by atoms with Gasteiger partial charge < -0.3 is 25.2 Å². The molecule has 1 aromatic carbocycles. The second-order valence-electron chi connectivity index (χ2n) is 9.46. The molecule has 0 radical (unpaired) electrons. The van der Waals surface area contributed by atoms with E-state index in [1.807, 2.05) is 18.2 Å². The molecule has 0 bridgehead atoms. The van der Waals surface area contributed by atoms with Crippen molar-refractivity contribution in [2.45, 2.75) is 88.4 Å². The van der Waals surface area contributed by atoms with E-state index in [9.17, 15) is 20.1 Å². The summed E-state index contributed by atoms with van der Waals surface area (Å²) in [6.45, 7) is 0. The van der Waals surface area contributed by atoms with Crippen LogP contribution in [-0.4, -0.2) is 51.8 Å². The lowest BCUT2D eigenvalue weighted by Gasteiger charge is -2.24. The first-order valence-electron chi connectivity index (χ1n) is 12.0. The number of carboxylic acid groups (broad SMARTS) is 1. The number of aliphatic carboxylic acids is 1. The van der Waals surface area contributed by atoms with E-state index in [2.05, 4.69) is 12.1 Å². The summed E-state index contributed by atoms with van der Waals surface area (Å²) in [4.78, 5) is 10.6. The first-order valence-corrected chi connectivity index (χ1v) is 12.0. The zero-order valence-electron chi connectivity index (χ0n) is 19.0. The third kappa shape index (κ3) is 7.06. The van der Waals surface area contributed by atoms with Crippen LogP contribution in [-0.2, 0) is 4.79 Å². The summed E-state index contributed by atoms with van der Waals surface area (Å²) < 4.78 is 5.20. The molecule has 6 atom stereocenters. The van der Waals surface area contributed by atoms with Gasteiger partial charge in [0, 0.05) is 12.3 Å². The summed E-state index contributed by atoms with van der Waals surface area (Å²) in [5.41, 5.74) is 2.49. The van der Waals surface area contributed by atoms with E-state index >= 15 is 0 Å². The summed E-state index contributed by atoms with van der Waals surface area (Å²) in [6, 6.07) is 8.06. The van der Waals surface area contributed by atoms with Crippen LogP contribution in [0.4, 0.5) is 0 Å². The Labute approximate surface area is 190 Å². The molecule has 1 aromatic rings. The first-order chi connectivity index (χ1) is 15.4. The number of unbranched alkanes of at least 4 members (excludes halogenated alkanes) is 3. The number of hydrogen-bond donors (Lipinski definition) is 4. The second-order valence-corrected chi connectivity index (χ2v) is 9.46. The predicted octanol–water partition coefficient (Wildman–Crippen LogP) is 4.03. The molecule has 4 N–H and O–H groups in total. The van der Waals surface area contributed by atoms with Crippen molar-refractivity contribution in [3.8, 4) is 5.75 Å². The lowest BCUT2D eigenvalue weighted by Crippen LogP contribution is -2.23. The fraction of sp³-hybridized carbons (Fsp3) is 0.654. The summed E-state index contributed by atoms with van der Waals surface area (Å²) in [6.07, 6.45) is 7.57.